The number of hydrogen-bond donors (Lipinski definition) is 0. The molecule has 27 rings (SSSR count). The molecule has 0 spiro atoms. The van der Waals surface area contributed by atoms with Gasteiger partial charge >= 0.3 is 0 Å². The summed E-state index contributed by atoms with van der Waals surface area (Å²) < 4.78 is 27.1. The van der Waals surface area contributed by atoms with Crippen LogP contribution in [-0.4, -0.2) is 0 Å². The summed E-state index contributed by atoms with van der Waals surface area (Å²) in [6, 6.07) is 158. The van der Waals surface area contributed by atoms with E-state index < -0.39 is 0 Å². The molecule has 4 nitrogen and oxygen atoms in total. The van der Waals surface area contributed by atoms with Crippen LogP contribution in [-0.2, 0) is 0 Å². The zero-order valence-electron chi connectivity index (χ0n) is 68.2. The molecule has 0 aliphatic carbocycles. The highest BCUT2D eigenvalue weighted by molar-refractivity contribution is 6.33. The van der Waals surface area contributed by atoms with Crippen molar-refractivity contribution in [2.45, 2.75) is 0 Å². The minimum absolute atomic E-state index is 0.869. The van der Waals surface area contributed by atoms with Crippen molar-refractivity contribution in [2.75, 3.05) is 0 Å². The number of furan rings is 4. The molecule has 0 unspecified atom stereocenters. The van der Waals surface area contributed by atoms with Crippen LogP contribution in [0.1, 0.15) is 0 Å². The summed E-state index contributed by atoms with van der Waals surface area (Å²) in [5.74, 6) is 0. The normalized spacial score (nSPS) is 12.0. The maximum atomic E-state index is 7.13. The van der Waals surface area contributed by atoms with E-state index in [1.807, 2.05) is 6.07 Å². The summed E-state index contributed by atoms with van der Waals surface area (Å²) in [7, 11) is 0. The van der Waals surface area contributed by atoms with Gasteiger partial charge in [0.2, 0.25) is 0 Å². The highest BCUT2D eigenvalue weighted by atomic mass is 16.3. The average molecular weight is 1600 g/mol. The van der Waals surface area contributed by atoms with Gasteiger partial charge in [0.1, 0.15) is 44.7 Å². The molecule has 0 aliphatic heterocycles. The minimum Gasteiger partial charge on any atom is -0.456 e. The second-order valence-corrected chi connectivity index (χ2v) is 33.2. The largest absolute Gasteiger partial charge is 0.456 e. The molecule has 4 aromatic heterocycles. The van der Waals surface area contributed by atoms with Crippen LogP contribution in [0.4, 0.5) is 0 Å². The fourth-order valence-corrected chi connectivity index (χ4v) is 21.3. The third-order valence-electron chi connectivity index (χ3n) is 26.5. The Hall–Kier alpha value is -16.7. The topological polar surface area (TPSA) is 52.6 Å². The van der Waals surface area contributed by atoms with Crippen molar-refractivity contribution in [1.82, 2.24) is 0 Å². The molecule has 0 aliphatic rings. The summed E-state index contributed by atoms with van der Waals surface area (Å²) in [5, 5.41) is 28.2. The number of hydrogen-bond acceptors (Lipinski definition) is 4. The Balaban J connectivity index is 0.000000135. The van der Waals surface area contributed by atoms with Crippen molar-refractivity contribution in [1.29, 1.82) is 0 Å². The SMILES string of the molecule is c1ccc(-c2c3ccccc3c(-c3cccc4c3oc3cccc(-c5c6ccccc6c(-c6cccc7oc8ccccc8c67)c6ccccc56)c34)c3ccccc23)cc1.c1ccc(-c2ccc3oc4ccc(-c5c6ccccc6c(-c6cccc7oc8c(-c9c%10ccccc%10c(-c%10ccccc%10)c%10ccccc9%10)cccc8c67)c6ccccc56)cc4c3c2)cc1. The third kappa shape index (κ3) is 10.9. The Morgan fingerprint density at radius 1 is 0.111 bits per heavy atom. The maximum absolute atomic E-state index is 7.13. The van der Waals surface area contributed by atoms with Crippen LogP contribution in [0.5, 0.6) is 0 Å². The fraction of sp³-hybridized carbons (Fsp3) is 0. The molecule has 0 saturated carbocycles. The molecule has 0 N–H and O–H groups in total. The zero-order valence-corrected chi connectivity index (χ0v) is 68.2. The lowest BCUT2D eigenvalue weighted by molar-refractivity contribution is 0.668. The van der Waals surface area contributed by atoms with E-state index in [0.717, 1.165) is 116 Å². The van der Waals surface area contributed by atoms with E-state index in [9.17, 15) is 0 Å². The van der Waals surface area contributed by atoms with Gasteiger partial charge < -0.3 is 17.7 Å². The fourth-order valence-electron chi connectivity index (χ4n) is 21.3. The minimum atomic E-state index is 0.869. The van der Waals surface area contributed by atoms with E-state index in [1.54, 1.807) is 0 Å². The molecule has 4 heterocycles. The molecule has 0 bridgehead atoms. The predicted molar refractivity (Wildman–Crippen MR) is 531 cm³/mol. The van der Waals surface area contributed by atoms with E-state index in [0.29, 0.717) is 0 Å². The molecule has 0 atom stereocenters. The smallest absolute Gasteiger partial charge is 0.143 e. The van der Waals surface area contributed by atoms with E-state index in [-0.39, 0.29) is 0 Å². The lowest BCUT2D eigenvalue weighted by Crippen LogP contribution is -1.92. The van der Waals surface area contributed by atoms with Gasteiger partial charge in [-0.2, -0.15) is 0 Å². The van der Waals surface area contributed by atoms with Crippen LogP contribution in [0.15, 0.2) is 454 Å². The number of benzene rings is 23. The second kappa shape index (κ2) is 28.5. The van der Waals surface area contributed by atoms with Gasteiger partial charge in [-0.25, -0.2) is 0 Å². The first-order chi connectivity index (χ1) is 62.6. The molecule has 0 radical (unpaired) electrons. The van der Waals surface area contributed by atoms with E-state index in [1.165, 1.54) is 159 Å². The Morgan fingerprint density at radius 3 is 0.690 bits per heavy atom. The summed E-state index contributed by atoms with van der Waals surface area (Å²) in [6.45, 7) is 0. The predicted octanol–water partition coefficient (Wildman–Crippen LogP) is 35.2. The molecule has 0 amide bonds. The van der Waals surface area contributed by atoms with Crippen molar-refractivity contribution in [3.05, 3.63) is 437 Å². The van der Waals surface area contributed by atoms with Crippen LogP contribution < -0.4 is 0 Å². The van der Waals surface area contributed by atoms with Gasteiger partial charge in [-0.3, -0.25) is 0 Å². The number of rotatable bonds is 9. The standard InChI is InChI=1S/C64H38O2.C58H34O2/c1-3-17-39(18-4-1)41-33-35-56-54(37-41)55-38-42(34-36-57(55)65-56)60-45-23-9-11-25-47(45)61(48-26-12-10-24-46(48)60)51-29-16-32-58-63(51)53-31-15-30-52(64(53)66-58)62-49-27-13-7-21-43(49)59(40-19-5-2-6-20-40)44-22-8-14-28-50(44)62;1-2-17-35(18-3-1)52-36-19-4-6-21-38(36)55(39-22-7-5-20-37(39)52)47-30-14-31-48-57-46(29-16-34-51(57)60-58(47)48)54-42-25-10-8-23-40(42)53(41-24-9-11-26-43(41)54)45-28-15-33-50-56(45)44-27-12-13-32-49(44)59-50/h1-38H;1-34H. The van der Waals surface area contributed by atoms with Crippen LogP contribution in [0.3, 0.4) is 0 Å². The van der Waals surface area contributed by atoms with Crippen molar-refractivity contribution >= 4 is 174 Å². The summed E-state index contributed by atoms with van der Waals surface area (Å²) in [5.41, 5.74) is 28.4. The van der Waals surface area contributed by atoms with Crippen molar-refractivity contribution in [3.63, 3.8) is 0 Å². The molecule has 0 fully saturated rings. The van der Waals surface area contributed by atoms with Crippen LogP contribution >= 0.6 is 0 Å². The van der Waals surface area contributed by atoms with Crippen LogP contribution in [0.2, 0.25) is 0 Å². The van der Waals surface area contributed by atoms with Crippen LogP contribution in [0, 0.1) is 0 Å². The maximum Gasteiger partial charge on any atom is 0.143 e. The Morgan fingerprint density at radius 2 is 0.333 bits per heavy atom. The number of para-hydroxylation sites is 3. The lowest BCUT2D eigenvalue weighted by Gasteiger charge is -2.19. The molecular weight excluding hydrogens is 1530 g/mol. The summed E-state index contributed by atoms with van der Waals surface area (Å²) >= 11 is 0. The molecule has 126 heavy (non-hydrogen) atoms. The van der Waals surface area contributed by atoms with E-state index in [4.69, 9.17) is 17.7 Å². The lowest BCUT2D eigenvalue weighted by atomic mass is 9.83. The Labute approximate surface area is 723 Å². The van der Waals surface area contributed by atoms with Crippen molar-refractivity contribution < 1.29 is 17.7 Å². The molecule has 27 aromatic rings. The quantitative estimate of drug-likeness (QED) is 0.135. The number of fused-ring (bicyclic) bond motifs is 20. The van der Waals surface area contributed by atoms with Crippen molar-refractivity contribution in [3.8, 4) is 100 Å². The van der Waals surface area contributed by atoms with Gasteiger partial charge in [0, 0.05) is 65.3 Å². The molecule has 23 aromatic carbocycles. The summed E-state index contributed by atoms with van der Waals surface area (Å²) in [4.78, 5) is 0. The Kier molecular flexibility index (Phi) is 16.1. The van der Waals surface area contributed by atoms with E-state index >= 15 is 0 Å². The first kappa shape index (κ1) is 71.1. The van der Waals surface area contributed by atoms with E-state index in [2.05, 4.69) is 431 Å². The molecule has 0 saturated heterocycles. The zero-order chi connectivity index (χ0) is 82.6. The highest BCUT2D eigenvalue weighted by Gasteiger charge is 2.29. The van der Waals surface area contributed by atoms with Crippen molar-refractivity contribution in [2.24, 2.45) is 0 Å². The van der Waals surface area contributed by atoms with Gasteiger partial charge in [-0.05, 0) is 213 Å². The highest BCUT2D eigenvalue weighted by Crippen LogP contribution is 2.55. The molecule has 584 valence electrons. The molecule has 4 heteroatoms. The van der Waals surface area contributed by atoms with Gasteiger partial charge in [0.25, 0.3) is 0 Å². The average Bonchev–Trinajstić information content (AvgIpc) is 1.47. The molecular formula is C122H72O4. The van der Waals surface area contributed by atoms with Gasteiger partial charge in [-0.15, -0.1) is 0 Å². The van der Waals surface area contributed by atoms with Gasteiger partial charge in [0.15, 0.2) is 0 Å². The first-order valence-electron chi connectivity index (χ1n) is 43.3. The Bertz CT molecular complexity index is 8990. The van der Waals surface area contributed by atoms with Gasteiger partial charge in [-0.1, -0.05) is 388 Å². The van der Waals surface area contributed by atoms with Gasteiger partial charge in [0.05, 0.1) is 0 Å². The van der Waals surface area contributed by atoms with Crippen LogP contribution in [0.25, 0.3) is 274 Å². The first-order valence-corrected chi connectivity index (χ1v) is 43.3. The third-order valence-corrected chi connectivity index (χ3v) is 26.5. The monoisotopic (exact) mass is 1600 g/mol. The summed E-state index contributed by atoms with van der Waals surface area (Å²) in [6.07, 6.45) is 0. The second-order valence-electron chi connectivity index (χ2n) is 33.2.